The molecule has 1 aliphatic rings. The predicted molar refractivity (Wildman–Crippen MR) is 132 cm³/mol. The number of methoxy groups -OCH3 is 1. The Kier molecular flexibility index (Phi) is 7.02. The van der Waals surface area contributed by atoms with Crippen LogP contribution in [-0.2, 0) is 10.0 Å². The van der Waals surface area contributed by atoms with Gasteiger partial charge in [0.2, 0.25) is 0 Å². The first-order valence-electron chi connectivity index (χ1n) is 10.7. The maximum atomic E-state index is 14.4. The molecular formula is C25H23ClF2N2O4S. The van der Waals surface area contributed by atoms with Gasteiger partial charge in [-0.15, -0.1) is 0 Å². The summed E-state index contributed by atoms with van der Waals surface area (Å²) in [5.41, 5.74) is 7.43. The minimum absolute atomic E-state index is 0.0647. The van der Waals surface area contributed by atoms with Crippen molar-refractivity contribution in [3.05, 3.63) is 82.4 Å². The highest BCUT2D eigenvalue weighted by atomic mass is 35.5. The standard InChI is InChI=1S/C25H23ClF2N2O4S/c1-15(25-19(26)4-3-5-20(25)27)10-16-6-8-24-22(11-16)30(14-17(13-29)34-24)35(31,32)18-7-9-23(33-2)21(28)12-18/h3-12,17H,13-14,29H2,1-2H3/t17-/m0/s1. The Morgan fingerprint density at radius 2 is 1.97 bits per heavy atom. The molecule has 35 heavy (non-hydrogen) atoms. The fourth-order valence-electron chi connectivity index (χ4n) is 3.90. The van der Waals surface area contributed by atoms with E-state index >= 15 is 0 Å². The van der Waals surface area contributed by atoms with Crippen molar-refractivity contribution in [2.75, 3.05) is 24.5 Å². The molecule has 0 aromatic heterocycles. The molecule has 0 bridgehead atoms. The molecule has 2 N–H and O–H groups in total. The highest BCUT2D eigenvalue weighted by Crippen LogP contribution is 2.39. The van der Waals surface area contributed by atoms with Crippen molar-refractivity contribution in [1.82, 2.24) is 0 Å². The summed E-state index contributed by atoms with van der Waals surface area (Å²) in [6.45, 7) is 1.72. The Morgan fingerprint density at radius 1 is 1.20 bits per heavy atom. The van der Waals surface area contributed by atoms with Gasteiger partial charge in [0.15, 0.2) is 11.6 Å². The summed E-state index contributed by atoms with van der Waals surface area (Å²) < 4.78 is 67.7. The van der Waals surface area contributed by atoms with Crippen LogP contribution in [0.5, 0.6) is 11.5 Å². The van der Waals surface area contributed by atoms with Crippen molar-refractivity contribution >= 4 is 39.0 Å². The summed E-state index contributed by atoms with van der Waals surface area (Å²) in [5.74, 6) is -1.03. The molecule has 10 heteroatoms. The van der Waals surface area contributed by atoms with Gasteiger partial charge in [0.25, 0.3) is 10.0 Å². The molecule has 0 fully saturated rings. The fourth-order valence-corrected chi connectivity index (χ4v) is 5.72. The van der Waals surface area contributed by atoms with Crippen molar-refractivity contribution in [3.63, 3.8) is 0 Å². The first-order valence-corrected chi connectivity index (χ1v) is 12.5. The number of ether oxygens (including phenoxy) is 2. The smallest absolute Gasteiger partial charge is 0.264 e. The maximum Gasteiger partial charge on any atom is 0.264 e. The number of rotatable bonds is 6. The van der Waals surface area contributed by atoms with Gasteiger partial charge < -0.3 is 15.2 Å². The lowest BCUT2D eigenvalue weighted by Crippen LogP contribution is -2.46. The first-order chi connectivity index (χ1) is 16.6. The molecule has 0 aliphatic carbocycles. The molecule has 0 amide bonds. The molecule has 4 rings (SSSR count). The molecular weight excluding hydrogens is 498 g/mol. The lowest BCUT2D eigenvalue weighted by Gasteiger charge is -2.35. The van der Waals surface area contributed by atoms with Crippen molar-refractivity contribution in [2.24, 2.45) is 5.73 Å². The van der Waals surface area contributed by atoms with Gasteiger partial charge in [-0.1, -0.05) is 29.8 Å². The summed E-state index contributed by atoms with van der Waals surface area (Å²) in [6.07, 6.45) is 1.10. The van der Waals surface area contributed by atoms with Crippen LogP contribution in [0.4, 0.5) is 14.5 Å². The van der Waals surface area contributed by atoms with Gasteiger partial charge >= 0.3 is 0 Å². The number of sulfonamides is 1. The summed E-state index contributed by atoms with van der Waals surface area (Å²) >= 11 is 6.18. The van der Waals surface area contributed by atoms with Gasteiger partial charge in [-0.05, 0) is 60.5 Å². The summed E-state index contributed by atoms with van der Waals surface area (Å²) in [5, 5.41) is 0.261. The van der Waals surface area contributed by atoms with E-state index in [0.717, 1.165) is 10.4 Å². The van der Waals surface area contributed by atoms with E-state index in [1.54, 1.807) is 37.3 Å². The topological polar surface area (TPSA) is 81.9 Å². The van der Waals surface area contributed by atoms with Gasteiger partial charge in [0.1, 0.15) is 17.7 Å². The van der Waals surface area contributed by atoms with Crippen LogP contribution in [0.3, 0.4) is 0 Å². The zero-order valence-corrected chi connectivity index (χ0v) is 20.5. The average Bonchev–Trinajstić information content (AvgIpc) is 2.83. The predicted octanol–water partition coefficient (Wildman–Crippen LogP) is 5.10. The first kappa shape index (κ1) is 25.0. The van der Waals surface area contributed by atoms with Crippen molar-refractivity contribution < 1.29 is 26.7 Å². The van der Waals surface area contributed by atoms with Crippen LogP contribution in [0.1, 0.15) is 18.1 Å². The zero-order chi connectivity index (χ0) is 25.3. The molecule has 3 aromatic rings. The average molecular weight is 521 g/mol. The molecule has 1 heterocycles. The number of benzene rings is 3. The molecule has 0 unspecified atom stereocenters. The zero-order valence-electron chi connectivity index (χ0n) is 19.0. The number of hydrogen-bond acceptors (Lipinski definition) is 5. The third-order valence-electron chi connectivity index (χ3n) is 5.63. The normalized spacial score (nSPS) is 16.0. The van der Waals surface area contributed by atoms with E-state index in [1.165, 1.54) is 31.4 Å². The Labute approximate surface area is 207 Å². The van der Waals surface area contributed by atoms with Crippen LogP contribution in [0.25, 0.3) is 11.6 Å². The second-order valence-corrected chi connectivity index (χ2v) is 10.2. The quantitative estimate of drug-likeness (QED) is 0.457. The van der Waals surface area contributed by atoms with Crippen LogP contribution in [0.15, 0.2) is 59.5 Å². The second kappa shape index (κ2) is 9.85. The Hall–Kier alpha value is -3.14. The summed E-state index contributed by atoms with van der Waals surface area (Å²) in [7, 11) is -2.88. The number of anilines is 1. The van der Waals surface area contributed by atoms with Crippen molar-refractivity contribution in [2.45, 2.75) is 17.9 Å². The van der Waals surface area contributed by atoms with Crippen LogP contribution in [-0.4, -0.2) is 34.7 Å². The van der Waals surface area contributed by atoms with E-state index in [1.807, 2.05) is 0 Å². The third-order valence-corrected chi connectivity index (χ3v) is 7.72. The Morgan fingerprint density at radius 3 is 2.63 bits per heavy atom. The molecule has 6 nitrogen and oxygen atoms in total. The number of nitrogens with two attached hydrogens (primary N) is 1. The second-order valence-electron chi connectivity index (χ2n) is 7.96. The summed E-state index contributed by atoms with van der Waals surface area (Å²) in [4.78, 5) is -0.241. The van der Waals surface area contributed by atoms with E-state index in [2.05, 4.69) is 0 Å². The molecule has 0 saturated carbocycles. The highest BCUT2D eigenvalue weighted by Gasteiger charge is 2.34. The molecule has 3 aromatic carbocycles. The molecule has 0 saturated heterocycles. The van der Waals surface area contributed by atoms with Gasteiger partial charge in [-0.2, -0.15) is 0 Å². The number of halogens is 3. The largest absolute Gasteiger partial charge is 0.494 e. The van der Waals surface area contributed by atoms with Crippen LogP contribution in [0, 0.1) is 11.6 Å². The Bertz CT molecular complexity index is 1390. The van der Waals surface area contributed by atoms with Crippen LogP contribution >= 0.6 is 11.6 Å². The number of fused-ring (bicyclic) bond motifs is 1. The van der Waals surface area contributed by atoms with Crippen molar-refractivity contribution in [3.8, 4) is 11.5 Å². The van der Waals surface area contributed by atoms with Crippen LogP contribution in [0.2, 0.25) is 5.02 Å². The van der Waals surface area contributed by atoms with Gasteiger partial charge in [-0.25, -0.2) is 17.2 Å². The minimum Gasteiger partial charge on any atom is -0.494 e. The minimum atomic E-state index is -4.18. The Balaban J connectivity index is 1.79. The molecule has 1 atom stereocenters. The van der Waals surface area contributed by atoms with Gasteiger partial charge in [-0.3, -0.25) is 4.31 Å². The van der Waals surface area contributed by atoms with Gasteiger partial charge in [0, 0.05) is 12.1 Å². The molecule has 0 spiro atoms. The lowest BCUT2D eigenvalue weighted by molar-refractivity contribution is 0.208. The maximum absolute atomic E-state index is 14.4. The monoisotopic (exact) mass is 520 g/mol. The summed E-state index contributed by atoms with van der Waals surface area (Å²) in [6, 6.07) is 12.8. The van der Waals surface area contributed by atoms with E-state index in [4.69, 9.17) is 26.8 Å². The van der Waals surface area contributed by atoms with E-state index in [0.29, 0.717) is 16.9 Å². The van der Waals surface area contributed by atoms with Gasteiger partial charge in [0.05, 0.1) is 29.3 Å². The highest BCUT2D eigenvalue weighted by molar-refractivity contribution is 7.92. The fraction of sp³-hybridized carbons (Fsp3) is 0.200. The lowest BCUT2D eigenvalue weighted by atomic mass is 10.0. The SMILES string of the molecule is COc1ccc(S(=O)(=O)N2C[C@H](CN)Oc3ccc(C=C(C)c4c(F)cccc4Cl)cc32)cc1F. The van der Waals surface area contributed by atoms with E-state index < -0.39 is 27.8 Å². The van der Waals surface area contributed by atoms with Crippen LogP contribution < -0.4 is 19.5 Å². The number of nitrogens with zero attached hydrogens (tertiary/aromatic N) is 1. The van der Waals surface area contributed by atoms with E-state index in [9.17, 15) is 17.2 Å². The third kappa shape index (κ3) is 4.84. The molecule has 184 valence electrons. The number of allylic oxidation sites excluding steroid dienone is 1. The van der Waals surface area contributed by atoms with E-state index in [-0.39, 0.29) is 40.0 Å². The molecule has 0 radical (unpaired) electrons. The van der Waals surface area contributed by atoms with Crippen molar-refractivity contribution in [1.29, 1.82) is 0 Å². The molecule has 1 aliphatic heterocycles. The number of hydrogen-bond donors (Lipinski definition) is 1.